The largest absolute Gasteiger partial charge is 0.469 e. The zero-order valence-electron chi connectivity index (χ0n) is 23.6. The van der Waals surface area contributed by atoms with E-state index in [-0.39, 0.29) is 29.9 Å². The summed E-state index contributed by atoms with van der Waals surface area (Å²) in [5, 5.41) is 22.3. The molecule has 41 heavy (non-hydrogen) atoms. The molecule has 0 aliphatic heterocycles. The SMILES string of the molecule is COC(=O)CC=C[C@@H](C)[C@@H](C=NO[C@H](C)c1cn([C@H](CO)Cc2ccccc2)nn1)NS(=O)(=O)c1ccc(C)cc1. The molecule has 0 saturated carbocycles. The maximum Gasteiger partial charge on any atom is 0.309 e. The number of nitrogens with zero attached hydrogens (tertiary/aromatic N) is 4. The van der Waals surface area contributed by atoms with Gasteiger partial charge < -0.3 is 14.7 Å². The monoisotopic (exact) mass is 583 g/mol. The molecule has 220 valence electrons. The van der Waals surface area contributed by atoms with Crippen molar-refractivity contribution in [1.29, 1.82) is 0 Å². The molecule has 0 amide bonds. The van der Waals surface area contributed by atoms with E-state index in [2.05, 4.69) is 24.9 Å². The Bertz CT molecular complexity index is 1410. The van der Waals surface area contributed by atoms with Gasteiger partial charge in [-0.15, -0.1) is 5.10 Å². The first-order chi connectivity index (χ1) is 19.6. The summed E-state index contributed by atoms with van der Waals surface area (Å²) in [6, 6.07) is 15.2. The molecule has 0 radical (unpaired) electrons. The summed E-state index contributed by atoms with van der Waals surface area (Å²) < 4.78 is 35.1. The Hall–Kier alpha value is -3.87. The van der Waals surface area contributed by atoms with Crippen LogP contribution in [0.1, 0.15) is 49.2 Å². The summed E-state index contributed by atoms with van der Waals surface area (Å²) in [5.74, 6) is -0.789. The van der Waals surface area contributed by atoms with Gasteiger partial charge in [-0.05, 0) is 43.9 Å². The first-order valence-corrected chi connectivity index (χ1v) is 14.7. The predicted octanol–water partition coefficient (Wildman–Crippen LogP) is 3.53. The molecule has 2 aromatic carbocycles. The molecule has 0 saturated heterocycles. The minimum Gasteiger partial charge on any atom is -0.469 e. The summed E-state index contributed by atoms with van der Waals surface area (Å²) in [7, 11) is -2.58. The topological polar surface area (TPSA) is 145 Å². The number of oxime groups is 1. The second kappa shape index (κ2) is 15.2. The number of aromatic nitrogens is 3. The summed E-state index contributed by atoms with van der Waals surface area (Å²) in [4.78, 5) is 17.2. The fraction of sp³-hybridized carbons (Fsp3) is 0.379. The van der Waals surface area contributed by atoms with E-state index in [0.29, 0.717) is 12.1 Å². The van der Waals surface area contributed by atoms with Gasteiger partial charge in [-0.2, -0.15) is 0 Å². The average molecular weight is 584 g/mol. The molecule has 0 fully saturated rings. The van der Waals surface area contributed by atoms with Crippen LogP contribution in [-0.2, 0) is 30.8 Å². The molecule has 0 aliphatic carbocycles. The fourth-order valence-corrected chi connectivity index (χ4v) is 5.11. The van der Waals surface area contributed by atoms with Crippen LogP contribution in [0.4, 0.5) is 0 Å². The Labute approximate surface area is 240 Å². The summed E-state index contributed by atoms with van der Waals surface area (Å²) in [5.41, 5.74) is 2.49. The van der Waals surface area contributed by atoms with Gasteiger partial charge in [0.1, 0.15) is 5.69 Å². The number of aryl methyl sites for hydroxylation is 1. The standard InChI is InChI=1S/C29H37N5O6S/c1-21-13-15-26(16-14-21)41(37,38)32-27(22(2)9-8-12-29(36)39-4)18-30-40-23(3)28-19-34(33-31-28)25(20-35)17-24-10-6-5-7-11-24/h5-11,13-16,18-19,22-23,25,27,32,35H,12,17,20H2,1-4H3/t22-,23-,25+,27-/m1/s1. The zero-order valence-corrected chi connectivity index (χ0v) is 24.4. The molecule has 0 spiro atoms. The highest BCUT2D eigenvalue weighted by molar-refractivity contribution is 7.89. The van der Waals surface area contributed by atoms with Crippen molar-refractivity contribution in [3.63, 3.8) is 0 Å². The van der Waals surface area contributed by atoms with Crippen molar-refractivity contribution < 1.29 is 27.9 Å². The van der Waals surface area contributed by atoms with E-state index in [9.17, 15) is 18.3 Å². The molecule has 0 bridgehead atoms. The lowest BCUT2D eigenvalue weighted by atomic mass is 10.0. The molecule has 3 rings (SSSR count). The van der Waals surface area contributed by atoms with E-state index in [4.69, 9.17) is 4.84 Å². The van der Waals surface area contributed by atoms with Crippen LogP contribution in [-0.4, -0.2) is 60.5 Å². The quantitative estimate of drug-likeness (QED) is 0.120. The number of aliphatic hydroxyl groups is 1. The van der Waals surface area contributed by atoms with Crippen molar-refractivity contribution in [3.05, 3.63) is 89.8 Å². The lowest BCUT2D eigenvalue weighted by Gasteiger charge is -2.19. The predicted molar refractivity (Wildman–Crippen MR) is 155 cm³/mol. The van der Waals surface area contributed by atoms with Crippen molar-refractivity contribution >= 4 is 22.2 Å². The molecule has 12 heteroatoms. The number of ether oxygens (including phenoxy) is 1. The van der Waals surface area contributed by atoms with Crippen LogP contribution in [0.3, 0.4) is 0 Å². The van der Waals surface area contributed by atoms with E-state index in [1.54, 1.807) is 49.0 Å². The van der Waals surface area contributed by atoms with Crippen LogP contribution in [0.5, 0.6) is 0 Å². The van der Waals surface area contributed by atoms with Crippen LogP contribution in [0.15, 0.2) is 83.0 Å². The third kappa shape index (κ3) is 9.62. The number of sulfonamides is 1. The highest BCUT2D eigenvalue weighted by Gasteiger charge is 2.23. The second-order valence-electron chi connectivity index (χ2n) is 9.68. The van der Waals surface area contributed by atoms with Crippen molar-refractivity contribution in [3.8, 4) is 0 Å². The Morgan fingerprint density at radius 3 is 2.51 bits per heavy atom. The minimum absolute atomic E-state index is 0.0533. The van der Waals surface area contributed by atoms with Gasteiger partial charge in [-0.25, -0.2) is 17.8 Å². The number of carbonyl (C=O) groups excluding carboxylic acids is 1. The van der Waals surface area contributed by atoms with Gasteiger partial charge in [-0.3, -0.25) is 4.79 Å². The first-order valence-electron chi connectivity index (χ1n) is 13.2. The fourth-order valence-electron chi connectivity index (χ4n) is 3.85. The number of methoxy groups -OCH3 is 1. The van der Waals surface area contributed by atoms with Crippen molar-refractivity contribution in [2.75, 3.05) is 13.7 Å². The lowest BCUT2D eigenvalue weighted by Crippen LogP contribution is -2.40. The summed E-state index contributed by atoms with van der Waals surface area (Å²) in [6.07, 6.45) is 6.42. The number of benzene rings is 2. The van der Waals surface area contributed by atoms with Crippen molar-refractivity contribution in [2.24, 2.45) is 11.1 Å². The van der Waals surface area contributed by atoms with Gasteiger partial charge in [0.25, 0.3) is 0 Å². The van der Waals surface area contributed by atoms with E-state index < -0.39 is 28.1 Å². The van der Waals surface area contributed by atoms with Crippen LogP contribution in [0.2, 0.25) is 0 Å². The van der Waals surface area contributed by atoms with Gasteiger partial charge in [-0.1, -0.05) is 77.5 Å². The summed E-state index contributed by atoms with van der Waals surface area (Å²) in [6.45, 7) is 5.29. The Kier molecular flexibility index (Phi) is 11.7. The molecule has 1 heterocycles. The maximum atomic E-state index is 13.1. The van der Waals surface area contributed by atoms with E-state index in [0.717, 1.165) is 11.1 Å². The van der Waals surface area contributed by atoms with Gasteiger partial charge in [0, 0.05) is 0 Å². The zero-order chi connectivity index (χ0) is 29.8. The van der Waals surface area contributed by atoms with E-state index >= 15 is 0 Å². The number of nitrogens with one attached hydrogen (secondary N) is 1. The van der Waals surface area contributed by atoms with Crippen molar-refractivity contribution in [1.82, 2.24) is 19.7 Å². The smallest absolute Gasteiger partial charge is 0.309 e. The first kappa shape index (κ1) is 31.7. The van der Waals surface area contributed by atoms with E-state index in [1.165, 1.54) is 25.5 Å². The number of rotatable bonds is 15. The third-order valence-electron chi connectivity index (χ3n) is 6.42. The lowest BCUT2D eigenvalue weighted by molar-refractivity contribution is -0.139. The van der Waals surface area contributed by atoms with Crippen LogP contribution in [0.25, 0.3) is 0 Å². The van der Waals surface area contributed by atoms with Gasteiger partial charge in [0.05, 0.1) is 49.5 Å². The molecular weight excluding hydrogens is 546 g/mol. The average Bonchev–Trinajstić information content (AvgIpc) is 3.46. The number of hydrogen-bond donors (Lipinski definition) is 2. The maximum absolute atomic E-state index is 13.1. The number of carbonyl (C=O) groups is 1. The van der Waals surface area contributed by atoms with Gasteiger partial charge >= 0.3 is 5.97 Å². The highest BCUT2D eigenvalue weighted by Crippen LogP contribution is 2.19. The molecular formula is C29H37N5O6S. The van der Waals surface area contributed by atoms with Crippen LogP contribution >= 0.6 is 0 Å². The molecule has 0 aliphatic rings. The molecule has 4 atom stereocenters. The minimum atomic E-state index is -3.88. The number of hydrogen-bond acceptors (Lipinski definition) is 9. The summed E-state index contributed by atoms with van der Waals surface area (Å²) >= 11 is 0. The highest BCUT2D eigenvalue weighted by atomic mass is 32.2. The molecule has 2 N–H and O–H groups in total. The molecule has 1 aromatic heterocycles. The molecule has 0 unspecified atom stereocenters. The van der Waals surface area contributed by atoms with E-state index in [1.807, 2.05) is 37.3 Å². The normalized spacial score (nSPS) is 15.0. The van der Waals surface area contributed by atoms with Crippen molar-refractivity contribution in [2.45, 2.75) is 56.7 Å². The van der Waals surface area contributed by atoms with Gasteiger partial charge in [0.2, 0.25) is 10.0 Å². The van der Waals surface area contributed by atoms with Crippen LogP contribution < -0.4 is 4.72 Å². The Balaban J connectivity index is 1.71. The Morgan fingerprint density at radius 1 is 1.15 bits per heavy atom. The molecule has 3 aromatic rings. The third-order valence-corrected chi connectivity index (χ3v) is 7.90. The second-order valence-corrected chi connectivity index (χ2v) is 11.4. The number of aliphatic hydroxyl groups excluding tert-OH is 1. The number of esters is 1. The molecule has 11 nitrogen and oxygen atoms in total. The van der Waals surface area contributed by atoms with Gasteiger partial charge in [0.15, 0.2) is 6.10 Å². The Morgan fingerprint density at radius 2 is 1.85 bits per heavy atom. The van der Waals surface area contributed by atoms with Crippen LogP contribution in [0, 0.1) is 12.8 Å².